The lowest BCUT2D eigenvalue weighted by Gasteiger charge is -2.26. The minimum atomic E-state index is -0.192. The van der Waals surface area contributed by atoms with Gasteiger partial charge in [-0.05, 0) is 51.0 Å². The van der Waals surface area contributed by atoms with Gasteiger partial charge in [0.2, 0.25) is 0 Å². The number of rotatable bonds is 6. The number of amides is 1. The van der Waals surface area contributed by atoms with E-state index in [0.29, 0.717) is 18.0 Å². The van der Waals surface area contributed by atoms with E-state index in [-0.39, 0.29) is 5.91 Å². The van der Waals surface area contributed by atoms with E-state index in [0.717, 1.165) is 18.5 Å². The molecule has 0 aliphatic carbocycles. The first kappa shape index (κ1) is 15.7. The second-order valence-electron chi connectivity index (χ2n) is 5.83. The van der Waals surface area contributed by atoms with Crippen molar-refractivity contribution in [2.45, 2.75) is 25.7 Å². The van der Waals surface area contributed by atoms with Crippen LogP contribution in [0.4, 0.5) is 0 Å². The highest BCUT2D eigenvalue weighted by molar-refractivity contribution is 5.93. The van der Waals surface area contributed by atoms with Crippen LogP contribution in [0.5, 0.6) is 0 Å². The molecule has 6 heteroatoms. The Bertz CT molecular complexity index is 621. The number of likely N-dealkylation sites (tertiary alicyclic amines) is 1. The quantitative estimate of drug-likeness (QED) is 0.829. The molecule has 122 valence electrons. The molecule has 0 saturated carbocycles. The van der Waals surface area contributed by atoms with Gasteiger partial charge in [-0.1, -0.05) is 11.6 Å². The van der Waals surface area contributed by atoms with Crippen LogP contribution < -0.4 is 5.32 Å². The molecule has 6 nitrogen and oxygen atoms in total. The van der Waals surface area contributed by atoms with Crippen molar-refractivity contribution in [1.82, 2.24) is 20.4 Å². The van der Waals surface area contributed by atoms with E-state index in [9.17, 15) is 4.79 Å². The van der Waals surface area contributed by atoms with Crippen molar-refractivity contribution in [2.75, 3.05) is 26.2 Å². The molecule has 2 aromatic heterocycles. The maximum atomic E-state index is 12.1. The number of hydrogen-bond acceptors (Lipinski definition) is 5. The summed E-state index contributed by atoms with van der Waals surface area (Å²) in [6.45, 7) is 4.07. The molecule has 23 heavy (non-hydrogen) atoms. The number of piperidine rings is 1. The van der Waals surface area contributed by atoms with Crippen LogP contribution >= 0.6 is 0 Å². The summed E-state index contributed by atoms with van der Waals surface area (Å²) in [6, 6.07) is 5.34. The Morgan fingerprint density at radius 2 is 2.17 bits per heavy atom. The molecule has 3 heterocycles. The first-order chi connectivity index (χ1) is 11.3. The van der Waals surface area contributed by atoms with E-state index in [1.54, 1.807) is 18.5 Å². The van der Waals surface area contributed by atoms with Crippen LogP contribution in [0.3, 0.4) is 0 Å². The Hall–Kier alpha value is -2.21. The minimum absolute atomic E-state index is 0.192. The van der Waals surface area contributed by atoms with Crippen molar-refractivity contribution < 1.29 is 9.32 Å². The van der Waals surface area contributed by atoms with Crippen LogP contribution in [-0.2, 0) is 0 Å². The minimum Gasteiger partial charge on any atom is -0.355 e. The van der Waals surface area contributed by atoms with Gasteiger partial charge < -0.3 is 14.7 Å². The fourth-order valence-corrected chi connectivity index (χ4v) is 2.80. The van der Waals surface area contributed by atoms with Crippen LogP contribution in [-0.4, -0.2) is 47.1 Å². The van der Waals surface area contributed by atoms with Gasteiger partial charge in [0.25, 0.3) is 5.91 Å². The molecular formula is C17H22N4O2. The highest BCUT2D eigenvalue weighted by Gasteiger charge is 2.14. The number of nitrogens with one attached hydrogen (secondary N) is 1. The topological polar surface area (TPSA) is 71.3 Å². The van der Waals surface area contributed by atoms with Gasteiger partial charge in [-0.25, -0.2) is 0 Å². The average molecular weight is 314 g/mol. The standard InChI is InChI=1S/C17H22N4O2/c22-17(19-8-5-11-21-9-2-1-3-10-21)15-12-16(23-20-15)14-6-4-7-18-13-14/h4,6-7,12-13H,1-3,5,8-11H2,(H,19,22). The van der Waals surface area contributed by atoms with Crippen molar-refractivity contribution >= 4 is 5.91 Å². The highest BCUT2D eigenvalue weighted by atomic mass is 16.5. The second kappa shape index (κ2) is 7.87. The third-order valence-electron chi connectivity index (χ3n) is 4.07. The molecule has 0 atom stereocenters. The number of pyridine rings is 1. The monoisotopic (exact) mass is 314 g/mol. The summed E-state index contributed by atoms with van der Waals surface area (Å²) < 4.78 is 5.21. The molecule has 2 aromatic rings. The summed E-state index contributed by atoms with van der Waals surface area (Å²) >= 11 is 0. The van der Waals surface area contributed by atoms with Crippen LogP contribution in [0.25, 0.3) is 11.3 Å². The normalized spacial score (nSPS) is 15.5. The summed E-state index contributed by atoms with van der Waals surface area (Å²) in [5.74, 6) is 0.360. The molecule has 1 saturated heterocycles. The van der Waals surface area contributed by atoms with Gasteiger partial charge in [-0.15, -0.1) is 0 Å². The first-order valence-electron chi connectivity index (χ1n) is 8.20. The molecule has 0 radical (unpaired) electrons. The summed E-state index contributed by atoms with van der Waals surface area (Å²) in [6.07, 6.45) is 8.26. The fraction of sp³-hybridized carbons (Fsp3) is 0.471. The fourth-order valence-electron chi connectivity index (χ4n) is 2.80. The number of hydrogen-bond donors (Lipinski definition) is 1. The number of carbonyl (C=O) groups excluding carboxylic acids is 1. The van der Waals surface area contributed by atoms with Gasteiger partial charge in [0.15, 0.2) is 11.5 Å². The van der Waals surface area contributed by atoms with Crippen LogP contribution in [0.15, 0.2) is 35.1 Å². The van der Waals surface area contributed by atoms with Crippen molar-refractivity contribution in [1.29, 1.82) is 0 Å². The molecule has 1 fully saturated rings. The summed E-state index contributed by atoms with van der Waals surface area (Å²) in [7, 11) is 0. The van der Waals surface area contributed by atoms with Crippen molar-refractivity contribution in [2.24, 2.45) is 0 Å². The molecule has 0 bridgehead atoms. The molecule has 0 unspecified atom stereocenters. The van der Waals surface area contributed by atoms with Gasteiger partial charge in [0.05, 0.1) is 0 Å². The van der Waals surface area contributed by atoms with Gasteiger partial charge >= 0.3 is 0 Å². The van der Waals surface area contributed by atoms with E-state index >= 15 is 0 Å². The molecule has 1 aliphatic heterocycles. The lowest BCUT2D eigenvalue weighted by atomic mass is 10.1. The Labute approximate surface area is 135 Å². The van der Waals surface area contributed by atoms with Crippen molar-refractivity contribution in [3.63, 3.8) is 0 Å². The van der Waals surface area contributed by atoms with Crippen LogP contribution in [0.2, 0.25) is 0 Å². The Morgan fingerprint density at radius 1 is 1.30 bits per heavy atom. The van der Waals surface area contributed by atoms with Crippen molar-refractivity contribution in [3.05, 3.63) is 36.3 Å². The molecule has 1 aliphatic rings. The number of nitrogens with zero attached hydrogens (tertiary/aromatic N) is 3. The lowest BCUT2D eigenvalue weighted by Crippen LogP contribution is -2.33. The lowest BCUT2D eigenvalue weighted by molar-refractivity contribution is 0.0942. The Balaban J connectivity index is 1.44. The Kier molecular flexibility index (Phi) is 5.37. The van der Waals surface area contributed by atoms with Gasteiger partial charge in [-0.2, -0.15) is 0 Å². The summed E-state index contributed by atoms with van der Waals surface area (Å²) in [5.41, 5.74) is 1.12. The van der Waals surface area contributed by atoms with Gasteiger partial charge in [-0.3, -0.25) is 9.78 Å². The molecular weight excluding hydrogens is 292 g/mol. The number of aromatic nitrogens is 2. The van der Waals surface area contributed by atoms with E-state index < -0.39 is 0 Å². The molecule has 0 aromatic carbocycles. The molecule has 1 amide bonds. The average Bonchev–Trinajstić information content (AvgIpc) is 3.10. The highest BCUT2D eigenvalue weighted by Crippen LogP contribution is 2.18. The molecule has 0 spiro atoms. The van der Waals surface area contributed by atoms with Gasteiger partial charge in [0, 0.05) is 30.6 Å². The third kappa shape index (κ3) is 4.39. The number of carbonyl (C=O) groups is 1. The summed E-state index contributed by atoms with van der Waals surface area (Å²) in [5, 5.41) is 6.74. The molecule has 1 N–H and O–H groups in total. The molecule has 3 rings (SSSR count). The van der Waals surface area contributed by atoms with E-state index in [2.05, 4.69) is 20.4 Å². The maximum Gasteiger partial charge on any atom is 0.273 e. The van der Waals surface area contributed by atoms with Crippen LogP contribution in [0, 0.1) is 0 Å². The largest absolute Gasteiger partial charge is 0.355 e. The van der Waals surface area contributed by atoms with Crippen LogP contribution in [0.1, 0.15) is 36.2 Å². The van der Waals surface area contributed by atoms with E-state index in [1.807, 2.05) is 12.1 Å². The summed E-state index contributed by atoms with van der Waals surface area (Å²) in [4.78, 5) is 18.6. The second-order valence-corrected chi connectivity index (χ2v) is 5.83. The zero-order valence-corrected chi connectivity index (χ0v) is 13.2. The first-order valence-corrected chi connectivity index (χ1v) is 8.20. The van der Waals surface area contributed by atoms with Crippen molar-refractivity contribution in [3.8, 4) is 11.3 Å². The zero-order chi connectivity index (χ0) is 15.9. The maximum absolute atomic E-state index is 12.1. The predicted octanol–water partition coefficient (Wildman–Crippen LogP) is 2.34. The predicted molar refractivity (Wildman–Crippen MR) is 87.0 cm³/mol. The smallest absolute Gasteiger partial charge is 0.273 e. The van der Waals surface area contributed by atoms with Gasteiger partial charge in [0.1, 0.15) is 0 Å². The zero-order valence-electron chi connectivity index (χ0n) is 13.2. The SMILES string of the molecule is O=C(NCCCN1CCCCC1)c1cc(-c2cccnc2)on1. The van der Waals surface area contributed by atoms with E-state index in [4.69, 9.17) is 4.52 Å². The Morgan fingerprint density at radius 3 is 2.96 bits per heavy atom. The third-order valence-corrected chi connectivity index (χ3v) is 4.07. The van der Waals surface area contributed by atoms with E-state index in [1.165, 1.54) is 32.4 Å².